The molecule has 5 rings (SSSR count). The van der Waals surface area contributed by atoms with Crippen LogP contribution >= 0.6 is 0 Å². The Morgan fingerprint density at radius 1 is 1.03 bits per heavy atom. The Kier molecular flexibility index (Phi) is 5.10. The maximum Gasteiger partial charge on any atom is 0.453 e. The van der Waals surface area contributed by atoms with E-state index < -0.39 is 23.6 Å². The van der Waals surface area contributed by atoms with E-state index in [0.29, 0.717) is 36.5 Å². The lowest BCUT2D eigenvalue weighted by molar-refractivity contribution is -0.146. The molecule has 0 fully saturated rings. The molecule has 0 aliphatic carbocycles. The van der Waals surface area contributed by atoms with Gasteiger partial charge in [-0.05, 0) is 37.6 Å². The zero-order chi connectivity index (χ0) is 24.2. The number of ether oxygens (including phenoxy) is 1. The maximum atomic E-state index is 14.0. The number of benzene rings is 1. The van der Waals surface area contributed by atoms with Crippen LogP contribution in [0.15, 0.2) is 30.5 Å². The van der Waals surface area contributed by atoms with Crippen LogP contribution in [-0.2, 0) is 19.1 Å². The highest BCUT2D eigenvalue weighted by molar-refractivity contribution is 5.60. The van der Waals surface area contributed by atoms with E-state index in [4.69, 9.17) is 4.74 Å². The van der Waals surface area contributed by atoms with E-state index in [2.05, 4.69) is 20.3 Å². The van der Waals surface area contributed by atoms with Crippen LogP contribution in [0.3, 0.4) is 0 Å². The number of alkyl halides is 3. The standard InChI is InChI=1S/C22H17F5N6O/c1-11-12(2)20(31-33-19(11)29-30-21(33)22(25,26)27)32-6-5-17-13(10-32)7-15(9-28-17)34-18-4-3-14(23)8-16(18)24/h3-4,7-9H,5-6,10H2,1-2H3. The van der Waals surface area contributed by atoms with Gasteiger partial charge in [0.25, 0.3) is 5.82 Å². The molecule has 4 heterocycles. The molecule has 0 saturated carbocycles. The summed E-state index contributed by atoms with van der Waals surface area (Å²) in [6.07, 6.45) is -2.73. The first kappa shape index (κ1) is 22.0. The fourth-order valence-electron chi connectivity index (χ4n) is 3.92. The van der Waals surface area contributed by atoms with E-state index in [9.17, 15) is 22.0 Å². The topological polar surface area (TPSA) is 68.4 Å². The molecule has 0 saturated heterocycles. The molecule has 12 heteroatoms. The highest BCUT2D eigenvalue weighted by Gasteiger charge is 2.38. The van der Waals surface area contributed by atoms with Gasteiger partial charge in [0, 0.05) is 42.4 Å². The van der Waals surface area contributed by atoms with Crippen molar-refractivity contribution >= 4 is 11.5 Å². The summed E-state index contributed by atoms with van der Waals surface area (Å²) in [7, 11) is 0. The lowest BCUT2D eigenvalue weighted by atomic mass is 10.0. The van der Waals surface area contributed by atoms with E-state index in [1.54, 1.807) is 19.9 Å². The third kappa shape index (κ3) is 3.78. The normalized spacial score (nSPS) is 13.9. The van der Waals surface area contributed by atoms with Gasteiger partial charge in [0.15, 0.2) is 23.0 Å². The summed E-state index contributed by atoms with van der Waals surface area (Å²) in [5, 5.41) is 11.2. The van der Waals surface area contributed by atoms with Crippen LogP contribution in [0, 0.1) is 25.5 Å². The Morgan fingerprint density at radius 3 is 2.56 bits per heavy atom. The van der Waals surface area contributed by atoms with Crippen LogP contribution in [0.25, 0.3) is 5.65 Å². The molecule has 1 aliphatic rings. The number of nitrogens with zero attached hydrogens (tertiary/aromatic N) is 6. The molecule has 176 valence electrons. The summed E-state index contributed by atoms with van der Waals surface area (Å²) >= 11 is 0. The second-order valence-electron chi connectivity index (χ2n) is 7.96. The van der Waals surface area contributed by atoms with Gasteiger partial charge in [-0.15, -0.1) is 15.3 Å². The SMILES string of the molecule is Cc1c(N2CCc3ncc(Oc4ccc(F)cc4F)cc3C2)nn2c(C(F)(F)F)nnc2c1C. The lowest BCUT2D eigenvalue weighted by Crippen LogP contribution is -2.33. The summed E-state index contributed by atoms with van der Waals surface area (Å²) in [4.78, 5) is 6.22. The third-order valence-corrected chi connectivity index (χ3v) is 5.76. The molecular weight excluding hydrogens is 459 g/mol. The lowest BCUT2D eigenvalue weighted by Gasteiger charge is -2.30. The minimum Gasteiger partial charge on any atom is -0.453 e. The van der Waals surface area contributed by atoms with Gasteiger partial charge in [0.1, 0.15) is 11.6 Å². The molecule has 0 N–H and O–H groups in total. The fraction of sp³-hybridized carbons (Fsp3) is 0.273. The van der Waals surface area contributed by atoms with Crippen molar-refractivity contribution < 1.29 is 26.7 Å². The van der Waals surface area contributed by atoms with Crippen molar-refractivity contribution in [3.8, 4) is 11.5 Å². The number of aromatic nitrogens is 5. The Bertz CT molecular complexity index is 1420. The Morgan fingerprint density at radius 2 is 1.82 bits per heavy atom. The van der Waals surface area contributed by atoms with Crippen molar-refractivity contribution in [2.45, 2.75) is 33.0 Å². The molecule has 34 heavy (non-hydrogen) atoms. The minimum atomic E-state index is -4.70. The predicted molar refractivity (Wildman–Crippen MR) is 111 cm³/mol. The summed E-state index contributed by atoms with van der Waals surface area (Å²) in [6, 6.07) is 4.66. The molecule has 3 aromatic heterocycles. The van der Waals surface area contributed by atoms with Gasteiger partial charge in [-0.1, -0.05) is 0 Å². The van der Waals surface area contributed by atoms with E-state index in [0.717, 1.165) is 27.9 Å². The zero-order valence-electron chi connectivity index (χ0n) is 18.0. The number of anilines is 1. The highest BCUT2D eigenvalue weighted by atomic mass is 19.4. The van der Waals surface area contributed by atoms with Crippen LogP contribution in [0.4, 0.5) is 27.8 Å². The van der Waals surface area contributed by atoms with Gasteiger partial charge in [-0.25, -0.2) is 8.78 Å². The van der Waals surface area contributed by atoms with Gasteiger partial charge in [-0.3, -0.25) is 4.98 Å². The molecule has 0 spiro atoms. The van der Waals surface area contributed by atoms with Gasteiger partial charge in [-0.2, -0.15) is 17.7 Å². The van der Waals surface area contributed by atoms with E-state index in [1.807, 2.05) is 4.90 Å². The minimum absolute atomic E-state index is 0.0460. The summed E-state index contributed by atoms with van der Waals surface area (Å²) in [5.41, 5.74) is 2.82. The first-order valence-electron chi connectivity index (χ1n) is 10.3. The average molecular weight is 476 g/mol. The first-order valence-corrected chi connectivity index (χ1v) is 10.3. The molecule has 0 bridgehead atoms. The quantitative estimate of drug-likeness (QED) is 0.396. The van der Waals surface area contributed by atoms with Crippen molar-refractivity contribution in [2.24, 2.45) is 0 Å². The molecule has 0 unspecified atom stereocenters. The molecule has 4 aromatic rings. The zero-order valence-corrected chi connectivity index (χ0v) is 18.0. The highest BCUT2D eigenvalue weighted by Crippen LogP contribution is 2.33. The van der Waals surface area contributed by atoms with Crippen LogP contribution in [-0.4, -0.2) is 31.3 Å². The van der Waals surface area contributed by atoms with E-state index >= 15 is 0 Å². The Labute approximate surface area is 189 Å². The molecule has 0 atom stereocenters. The predicted octanol–water partition coefficient (Wildman–Crippen LogP) is 4.79. The number of rotatable bonds is 3. The molecule has 1 aliphatic heterocycles. The molecular formula is C22H17F5N6O. The van der Waals surface area contributed by atoms with Crippen molar-refractivity contribution in [3.63, 3.8) is 0 Å². The van der Waals surface area contributed by atoms with Gasteiger partial charge in [0.05, 0.1) is 6.20 Å². The molecule has 0 radical (unpaired) electrons. The number of fused-ring (bicyclic) bond motifs is 2. The van der Waals surface area contributed by atoms with Crippen LogP contribution < -0.4 is 9.64 Å². The fourth-order valence-corrected chi connectivity index (χ4v) is 3.92. The van der Waals surface area contributed by atoms with Gasteiger partial charge < -0.3 is 9.64 Å². The number of hydrogen-bond donors (Lipinski definition) is 0. The second-order valence-corrected chi connectivity index (χ2v) is 7.96. The average Bonchev–Trinajstić information content (AvgIpc) is 3.22. The van der Waals surface area contributed by atoms with Gasteiger partial charge in [0.2, 0.25) is 0 Å². The van der Waals surface area contributed by atoms with Crippen molar-refractivity contribution in [2.75, 3.05) is 11.4 Å². The van der Waals surface area contributed by atoms with E-state index in [-0.39, 0.29) is 17.1 Å². The van der Waals surface area contributed by atoms with E-state index in [1.165, 1.54) is 12.3 Å². The van der Waals surface area contributed by atoms with Gasteiger partial charge >= 0.3 is 6.18 Å². The molecule has 7 nitrogen and oxygen atoms in total. The largest absolute Gasteiger partial charge is 0.453 e. The Hall–Kier alpha value is -3.83. The van der Waals surface area contributed by atoms with Crippen LogP contribution in [0.5, 0.6) is 11.5 Å². The summed E-state index contributed by atoms with van der Waals surface area (Å²) in [5.74, 6) is -2.29. The Balaban J connectivity index is 1.48. The number of aryl methyl sites for hydroxylation is 1. The number of halogens is 5. The number of pyridine rings is 1. The van der Waals surface area contributed by atoms with Crippen LogP contribution in [0.2, 0.25) is 0 Å². The summed E-state index contributed by atoms with van der Waals surface area (Å²) in [6.45, 7) is 4.22. The third-order valence-electron chi connectivity index (χ3n) is 5.76. The smallest absolute Gasteiger partial charge is 0.453 e. The summed E-state index contributed by atoms with van der Waals surface area (Å²) < 4.78 is 73.5. The van der Waals surface area contributed by atoms with Crippen molar-refractivity contribution in [1.29, 1.82) is 0 Å². The van der Waals surface area contributed by atoms with Crippen LogP contribution in [0.1, 0.15) is 28.2 Å². The maximum absolute atomic E-state index is 14.0. The first-order chi connectivity index (χ1) is 16.1. The monoisotopic (exact) mass is 476 g/mol. The molecule has 0 amide bonds. The second kappa shape index (κ2) is 7.89. The van der Waals surface area contributed by atoms with Crippen molar-refractivity contribution in [1.82, 2.24) is 24.8 Å². The van der Waals surface area contributed by atoms with Crippen molar-refractivity contribution in [3.05, 3.63) is 70.3 Å². The number of hydrogen-bond acceptors (Lipinski definition) is 6. The molecule has 1 aromatic carbocycles.